The molecule has 1 fully saturated rings. The number of hydrogen-bond donors (Lipinski definition) is 0. The zero-order chi connectivity index (χ0) is 18.5. The number of methoxy groups -OCH3 is 2. The SMILES string of the molecule is COc1cc2c(cc1OC)C1(C)N(CC2)C(=O)OC1(C)c1cccnc1. The third kappa shape index (κ3) is 1.98. The van der Waals surface area contributed by atoms with Crippen molar-refractivity contribution in [3.8, 4) is 11.5 Å². The average Bonchev–Trinajstić information content (AvgIpc) is 2.88. The minimum atomic E-state index is -0.868. The molecule has 136 valence electrons. The summed E-state index contributed by atoms with van der Waals surface area (Å²) in [4.78, 5) is 18.8. The molecular weight excluding hydrogens is 332 g/mol. The van der Waals surface area contributed by atoms with Crippen LogP contribution in [0.1, 0.15) is 30.5 Å². The molecule has 4 rings (SSSR count). The molecule has 0 saturated carbocycles. The fourth-order valence-electron chi connectivity index (χ4n) is 4.28. The molecule has 0 radical (unpaired) electrons. The quantitative estimate of drug-likeness (QED) is 0.847. The van der Waals surface area contributed by atoms with Gasteiger partial charge < -0.3 is 14.2 Å². The number of carbonyl (C=O) groups is 1. The Balaban J connectivity index is 1.97. The number of nitrogens with zero attached hydrogens (tertiary/aromatic N) is 2. The number of amides is 1. The largest absolute Gasteiger partial charge is 0.493 e. The Morgan fingerprint density at radius 2 is 1.92 bits per heavy atom. The summed E-state index contributed by atoms with van der Waals surface area (Å²) in [5, 5.41) is 0. The van der Waals surface area contributed by atoms with Gasteiger partial charge in [-0.05, 0) is 49.6 Å². The molecule has 1 saturated heterocycles. The predicted octanol–water partition coefficient (Wildman–Crippen LogP) is 3.24. The third-order valence-corrected chi connectivity index (χ3v) is 5.93. The van der Waals surface area contributed by atoms with Gasteiger partial charge in [-0.1, -0.05) is 6.07 Å². The Morgan fingerprint density at radius 1 is 1.19 bits per heavy atom. The van der Waals surface area contributed by atoms with Crippen LogP contribution in [0.4, 0.5) is 4.79 Å². The van der Waals surface area contributed by atoms with Crippen LogP contribution in [0.5, 0.6) is 11.5 Å². The smallest absolute Gasteiger partial charge is 0.411 e. The zero-order valence-electron chi connectivity index (χ0n) is 15.4. The van der Waals surface area contributed by atoms with Crippen molar-refractivity contribution in [1.82, 2.24) is 9.88 Å². The van der Waals surface area contributed by atoms with E-state index in [1.165, 1.54) is 0 Å². The van der Waals surface area contributed by atoms with E-state index in [-0.39, 0.29) is 6.09 Å². The Morgan fingerprint density at radius 3 is 2.58 bits per heavy atom. The number of aromatic nitrogens is 1. The van der Waals surface area contributed by atoms with Crippen LogP contribution < -0.4 is 9.47 Å². The van der Waals surface area contributed by atoms with Crippen LogP contribution in [0.25, 0.3) is 0 Å². The highest BCUT2D eigenvalue weighted by Crippen LogP contribution is 2.56. The molecule has 2 unspecified atom stereocenters. The van der Waals surface area contributed by atoms with Crippen LogP contribution in [0.15, 0.2) is 36.7 Å². The Kier molecular flexibility index (Phi) is 3.61. The topological polar surface area (TPSA) is 60.9 Å². The van der Waals surface area contributed by atoms with Crippen LogP contribution in [-0.2, 0) is 22.3 Å². The number of benzene rings is 1. The van der Waals surface area contributed by atoms with E-state index in [9.17, 15) is 4.79 Å². The molecule has 6 heteroatoms. The van der Waals surface area contributed by atoms with Gasteiger partial charge in [-0.3, -0.25) is 9.88 Å². The molecule has 2 aliphatic heterocycles. The third-order valence-electron chi connectivity index (χ3n) is 5.93. The number of ether oxygens (including phenoxy) is 3. The van der Waals surface area contributed by atoms with Gasteiger partial charge in [0, 0.05) is 24.5 Å². The van der Waals surface area contributed by atoms with Gasteiger partial charge in [0.1, 0.15) is 5.54 Å². The summed E-state index contributed by atoms with van der Waals surface area (Å²) < 4.78 is 16.9. The summed E-state index contributed by atoms with van der Waals surface area (Å²) in [6.45, 7) is 4.59. The molecule has 2 aromatic rings. The first kappa shape index (κ1) is 16.7. The summed E-state index contributed by atoms with van der Waals surface area (Å²) in [7, 11) is 3.24. The number of fused-ring (bicyclic) bond motifs is 3. The van der Waals surface area contributed by atoms with Crippen molar-refractivity contribution in [3.05, 3.63) is 53.3 Å². The highest BCUT2D eigenvalue weighted by Gasteiger charge is 2.63. The summed E-state index contributed by atoms with van der Waals surface area (Å²) in [5.74, 6) is 1.33. The summed E-state index contributed by atoms with van der Waals surface area (Å²) in [5.41, 5.74) is 1.46. The number of rotatable bonds is 3. The van der Waals surface area contributed by atoms with Crippen molar-refractivity contribution >= 4 is 6.09 Å². The van der Waals surface area contributed by atoms with Crippen molar-refractivity contribution in [1.29, 1.82) is 0 Å². The van der Waals surface area contributed by atoms with E-state index in [0.717, 1.165) is 23.1 Å². The van der Waals surface area contributed by atoms with E-state index in [2.05, 4.69) is 11.9 Å². The predicted molar refractivity (Wildman–Crippen MR) is 95.4 cm³/mol. The fraction of sp³-hybridized carbons (Fsp3) is 0.400. The highest BCUT2D eigenvalue weighted by atomic mass is 16.6. The van der Waals surface area contributed by atoms with Crippen molar-refractivity contribution in [2.75, 3.05) is 20.8 Å². The highest BCUT2D eigenvalue weighted by molar-refractivity contribution is 5.75. The van der Waals surface area contributed by atoms with Crippen molar-refractivity contribution in [3.63, 3.8) is 0 Å². The second kappa shape index (κ2) is 5.62. The standard InChI is InChI=1S/C20H22N2O4/c1-19-15-11-17(25-4)16(24-3)10-13(15)7-9-22(19)18(23)26-20(19,2)14-6-5-8-21-12-14/h5-6,8,10-12H,7,9H2,1-4H3. The number of hydrogen-bond acceptors (Lipinski definition) is 5. The molecule has 1 aromatic heterocycles. The molecule has 1 aromatic carbocycles. The average molecular weight is 354 g/mol. The van der Waals surface area contributed by atoms with Crippen molar-refractivity contribution in [2.24, 2.45) is 0 Å². The van der Waals surface area contributed by atoms with Crippen molar-refractivity contribution < 1.29 is 19.0 Å². The van der Waals surface area contributed by atoms with Crippen LogP contribution in [0.2, 0.25) is 0 Å². The van der Waals surface area contributed by atoms with Crippen LogP contribution >= 0.6 is 0 Å². The van der Waals surface area contributed by atoms with E-state index < -0.39 is 11.1 Å². The number of cyclic esters (lactones) is 1. The summed E-state index contributed by atoms with van der Waals surface area (Å²) >= 11 is 0. The number of carbonyl (C=O) groups excluding carboxylic acids is 1. The first-order valence-electron chi connectivity index (χ1n) is 8.62. The minimum absolute atomic E-state index is 0.306. The molecule has 3 heterocycles. The first-order chi connectivity index (χ1) is 12.5. The van der Waals surface area contributed by atoms with Gasteiger partial charge in [0.2, 0.25) is 0 Å². The van der Waals surface area contributed by atoms with E-state index in [0.29, 0.717) is 18.0 Å². The number of pyridine rings is 1. The maximum absolute atomic E-state index is 12.7. The fourth-order valence-corrected chi connectivity index (χ4v) is 4.28. The lowest BCUT2D eigenvalue weighted by atomic mass is 9.69. The minimum Gasteiger partial charge on any atom is -0.493 e. The lowest BCUT2D eigenvalue weighted by Crippen LogP contribution is -2.54. The van der Waals surface area contributed by atoms with Crippen molar-refractivity contribution in [2.45, 2.75) is 31.4 Å². The summed E-state index contributed by atoms with van der Waals surface area (Å²) in [6, 6.07) is 7.78. The van der Waals surface area contributed by atoms with E-state index in [4.69, 9.17) is 14.2 Å². The molecule has 0 spiro atoms. The molecule has 0 bridgehead atoms. The van der Waals surface area contributed by atoms with E-state index in [1.807, 2.05) is 36.1 Å². The second-order valence-corrected chi connectivity index (χ2v) is 6.98. The molecule has 26 heavy (non-hydrogen) atoms. The summed E-state index contributed by atoms with van der Waals surface area (Å²) in [6.07, 6.45) is 3.91. The van der Waals surface area contributed by atoms with Gasteiger partial charge in [0.05, 0.1) is 14.2 Å². The normalized spacial score (nSPS) is 26.8. The van der Waals surface area contributed by atoms with Gasteiger partial charge in [-0.2, -0.15) is 0 Å². The maximum atomic E-state index is 12.7. The van der Waals surface area contributed by atoms with Crippen LogP contribution in [-0.4, -0.2) is 36.7 Å². The molecule has 0 N–H and O–H groups in total. The Bertz CT molecular complexity index is 870. The van der Waals surface area contributed by atoms with Gasteiger partial charge in [0.15, 0.2) is 17.1 Å². The molecule has 2 atom stereocenters. The molecule has 0 aliphatic carbocycles. The molecule has 1 amide bonds. The van der Waals surface area contributed by atoms with E-state index in [1.54, 1.807) is 26.6 Å². The van der Waals surface area contributed by atoms with Gasteiger partial charge in [0.25, 0.3) is 0 Å². The zero-order valence-corrected chi connectivity index (χ0v) is 15.4. The maximum Gasteiger partial charge on any atom is 0.411 e. The van der Waals surface area contributed by atoms with Gasteiger partial charge in [-0.15, -0.1) is 0 Å². The van der Waals surface area contributed by atoms with Gasteiger partial charge >= 0.3 is 6.09 Å². The van der Waals surface area contributed by atoms with Crippen LogP contribution in [0.3, 0.4) is 0 Å². The molecular formula is C20H22N2O4. The lowest BCUT2D eigenvalue weighted by molar-refractivity contribution is -0.00284. The lowest BCUT2D eigenvalue weighted by Gasteiger charge is -2.46. The first-order valence-corrected chi connectivity index (χ1v) is 8.62. The monoisotopic (exact) mass is 354 g/mol. The van der Waals surface area contributed by atoms with Crippen LogP contribution in [0, 0.1) is 0 Å². The van der Waals surface area contributed by atoms with E-state index >= 15 is 0 Å². The molecule has 2 aliphatic rings. The second-order valence-electron chi connectivity index (χ2n) is 6.98. The molecule has 6 nitrogen and oxygen atoms in total. The Hall–Kier alpha value is -2.76. The van der Waals surface area contributed by atoms with Gasteiger partial charge in [-0.25, -0.2) is 4.79 Å². The Labute approximate surface area is 152 Å².